The van der Waals surface area contributed by atoms with E-state index in [9.17, 15) is 10.0 Å². The van der Waals surface area contributed by atoms with Crippen molar-refractivity contribution in [2.45, 2.75) is 0 Å². The maximum Gasteiger partial charge on any atom is 0.340 e. The van der Waals surface area contributed by atoms with E-state index in [0.29, 0.717) is 39.1 Å². The van der Waals surface area contributed by atoms with Gasteiger partial charge in [0.1, 0.15) is 12.2 Å². The van der Waals surface area contributed by atoms with Crippen LogP contribution in [0, 0.1) is 5.21 Å². The number of carbonyl (C=O) groups is 1. The number of carbonyl (C=O) groups excluding carboxylic acids is 1. The van der Waals surface area contributed by atoms with Crippen molar-refractivity contribution in [1.29, 1.82) is 0 Å². The Balaban J connectivity index is 0.00000261. The van der Waals surface area contributed by atoms with E-state index in [1.54, 1.807) is 24.3 Å². The number of amides is 1. The molecule has 2 N–H and O–H groups in total. The molecule has 0 bridgehead atoms. The third-order valence-corrected chi connectivity index (χ3v) is 4.93. The van der Waals surface area contributed by atoms with Gasteiger partial charge in [-0.15, -0.1) is 0 Å². The average molecular weight is 410 g/mol. The fourth-order valence-corrected chi connectivity index (χ4v) is 3.36. The Bertz CT molecular complexity index is 886. The van der Waals surface area contributed by atoms with Gasteiger partial charge in [-0.25, -0.2) is 4.79 Å². The summed E-state index contributed by atoms with van der Waals surface area (Å²) in [6, 6.07) is 12.2. The van der Waals surface area contributed by atoms with Crippen LogP contribution in [0.1, 0.15) is 11.1 Å². The van der Waals surface area contributed by atoms with Gasteiger partial charge in [0.25, 0.3) is 0 Å². The van der Waals surface area contributed by atoms with Gasteiger partial charge < -0.3 is 15.6 Å². The quantitative estimate of drug-likeness (QED) is 0.574. The summed E-state index contributed by atoms with van der Waals surface area (Å²) in [5.74, 6) is -0.502. The molecule has 2 aromatic rings. The number of halogens is 2. The van der Waals surface area contributed by atoms with Gasteiger partial charge in [0.15, 0.2) is 6.54 Å². The summed E-state index contributed by atoms with van der Waals surface area (Å²) in [5, 5.41) is 14.6. The minimum Gasteiger partial charge on any atom is -0.620 e. The molecule has 0 aromatic heterocycles. The van der Waals surface area contributed by atoms with E-state index in [1.165, 1.54) is 0 Å². The number of nitrogens with zero attached hydrogens (tertiary/aromatic N) is 3. The number of quaternary nitrogens is 1. The minimum absolute atomic E-state index is 0. The van der Waals surface area contributed by atoms with Crippen LogP contribution in [0.25, 0.3) is 0 Å². The number of hydrogen-bond donors (Lipinski definition) is 0. The van der Waals surface area contributed by atoms with Crippen molar-refractivity contribution in [2.24, 2.45) is 4.99 Å². The van der Waals surface area contributed by atoms with Gasteiger partial charge in [-0.3, -0.25) is 9.64 Å². The molecule has 1 aliphatic heterocycles. The highest BCUT2D eigenvalue weighted by Gasteiger charge is 2.36. The highest BCUT2D eigenvalue weighted by Crippen LogP contribution is 2.35. The second kappa shape index (κ2) is 8.48. The molecule has 0 saturated carbocycles. The highest BCUT2D eigenvalue weighted by atomic mass is 35.5. The van der Waals surface area contributed by atoms with E-state index in [4.69, 9.17) is 23.2 Å². The van der Waals surface area contributed by atoms with Gasteiger partial charge in [-0.2, -0.15) is 0 Å². The Morgan fingerprint density at radius 1 is 1.15 bits per heavy atom. The summed E-state index contributed by atoms with van der Waals surface area (Å²) >= 11 is 12.5. The van der Waals surface area contributed by atoms with Crippen molar-refractivity contribution in [3.05, 3.63) is 68.8 Å². The standard InChI is InChI=1S/C19H19Cl2N3O2.H2O/c1-23(2)9-10-24(26)17-8-7-13(20)11-15(17)19(22-12-18(24)25)14-5-3-4-6-16(14)21;/h3-8,11H,9-10,12H2,1-2H3;1H2. The van der Waals surface area contributed by atoms with E-state index >= 15 is 0 Å². The number of fused-ring (bicyclic) bond motifs is 1. The third kappa shape index (κ3) is 4.21. The summed E-state index contributed by atoms with van der Waals surface area (Å²) in [6.45, 7) is 0.369. The van der Waals surface area contributed by atoms with E-state index in [-0.39, 0.29) is 18.6 Å². The first kappa shape index (κ1) is 21.5. The molecule has 2 aromatic carbocycles. The monoisotopic (exact) mass is 409 g/mol. The highest BCUT2D eigenvalue weighted by molar-refractivity contribution is 6.36. The summed E-state index contributed by atoms with van der Waals surface area (Å²) < 4.78 is -1.07. The number of likely N-dealkylation sites (N-methyl/N-ethyl adjacent to an activating group) is 1. The van der Waals surface area contributed by atoms with Crippen molar-refractivity contribution < 1.29 is 10.3 Å². The first-order valence-corrected chi connectivity index (χ1v) is 8.95. The molecule has 0 aliphatic carbocycles. The van der Waals surface area contributed by atoms with Gasteiger partial charge in [0.05, 0.1) is 11.3 Å². The Morgan fingerprint density at radius 2 is 1.85 bits per heavy atom. The minimum atomic E-state index is -1.07. The van der Waals surface area contributed by atoms with Crippen LogP contribution < -0.4 is 4.65 Å². The molecule has 3 rings (SSSR count). The largest absolute Gasteiger partial charge is 0.620 e. The molecule has 8 heteroatoms. The van der Waals surface area contributed by atoms with Gasteiger partial charge in [-0.1, -0.05) is 41.4 Å². The Morgan fingerprint density at radius 3 is 2.52 bits per heavy atom. The van der Waals surface area contributed by atoms with Crippen LogP contribution in [0.5, 0.6) is 0 Å². The lowest BCUT2D eigenvalue weighted by molar-refractivity contribution is -0.126. The van der Waals surface area contributed by atoms with Gasteiger partial charge in [0, 0.05) is 28.2 Å². The number of rotatable bonds is 4. The van der Waals surface area contributed by atoms with Crippen molar-refractivity contribution in [1.82, 2.24) is 9.55 Å². The number of hydroxylamine groups is 2. The van der Waals surface area contributed by atoms with Crippen molar-refractivity contribution in [2.75, 3.05) is 33.7 Å². The second-order valence-electron chi connectivity index (χ2n) is 6.47. The average Bonchev–Trinajstić information content (AvgIpc) is 2.70. The third-order valence-electron chi connectivity index (χ3n) is 4.37. The summed E-state index contributed by atoms with van der Waals surface area (Å²) in [5.41, 5.74) is 2.08. The van der Waals surface area contributed by atoms with Crippen molar-refractivity contribution in [3.8, 4) is 0 Å². The molecule has 27 heavy (non-hydrogen) atoms. The van der Waals surface area contributed by atoms with Crippen LogP contribution >= 0.6 is 23.2 Å². The van der Waals surface area contributed by atoms with Crippen molar-refractivity contribution in [3.63, 3.8) is 0 Å². The van der Waals surface area contributed by atoms with Crippen molar-refractivity contribution >= 4 is 40.5 Å². The topological polar surface area (TPSA) is 87.2 Å². The van der Waals surface area contributed by atoms with Crippen LogP contribution in [0.2, 0.25) is 10.0 Å². The normalized spacial score (nSPS) is 19.2. The Labute approximate surface area is 168 Å². The molecule has 1 amide bonds. The Hall–Kier alpha value is -1.80. The lowest BCUT2D eigenvalue weighted by Gasteiger charge is -2.39. The molecule has 1 atom stereocenters. The zero-order valence-electron chi connectivity index (χ0n) is 15.1. The molecule has 0 spiro atoms. The molecule has 0 saturated heterocycles. The second-order valence-corrected chi connectivity index (χ2v) is 7.31. The van der Waals surface area contributed by atoms with Crippen LogP contribution in [0.15, 0.2) is 47.5 Å². The predicted molar refractivity (Wildman–Crippen MR) is 111 cm³/mol. The number of benzene rings is 2. The fourth-order valence-electron chi connectivity index (χ4n) is 2.96. The van der Waals surface area contributed by atoms with E-state index in [1.807, 2.05) is 37.2 Å². The summed E-state index contributed by atoms with van der Waals surface area (Å²) in [7, 11) is 3.73. The predicted octanol–water partition coefficient (Wildman–Crippen LogP) is 2.91. The molecule has 144 valence electrons. The smallest absolute Gasteiger partial charge is 0.340 e. The molecular formula is C19H21Cl2N3O3. The number of aliphatic imine (C=N–C) groups is 1. The molecular weight excluding hydrogens is 389 g/mol. The Kier molecular flexibility index (Phi) is 6.75. The van der Waals surface area contributed by atoms with Crippen LogP contribution in [-0.4, -0.2) is 55.7 Å². The maximum atomic E-state index is 13.6. The fraction of sp³-hybridized carbons (Fsp3) is 0.263. The zero-order valence-corrected chi connectivity index (χ0v) is 16.6. The molecule has 0 radical (unpaired) electrons. The molecule has 6 nitrogen and oxygen atoms in total. The SMILES string of the molecule is CN(C)CC[N+]1([O-])C(=O)CN=C(c2ccccc2Cl)c2cc(Cl)ccc21.O. The summed E-state index contributed by atoms with van der Waals surface area (Å²) in [6.07, 6.45) is 0. The maximum absolute atomic E-state index is 13.6. The lowest BCUT2D eigenvalue weighted by atomic mass is 10.00. The van der Waals surface area contributed by atoms with Gasteiger partial charge >= 0.3 is 5.91 Å². The molecule has 1 aliphatic rings. The molecule has 1 unspecified atom stereocenters. The van der Waals surface area contributed by atoms with Gasteiger partial charge in [-0.05, 0) is 32.3 Å². The van der Waals surface area contributed by atoms with E-state index in [2.05, 4.69) is 4.99 Å². The lowest BCUT2D eigenvalue weighted by Crippen LogP contribution is -2.53. The molecule has 0 fully saturated rings. The van der Waals surface area contributed by atoms with Gasteiger partial charge in [0.2, 0.25) is 0 Å². The number of hydrogen-bond acceptors (Lipinski definition) is 4. The van der Waals surface area contributed by atoms with Crippen LogP contribution in [0.4, 0.5) is 5.69 Å². The first-order chi connectivity index (χ1) is 12.3. The zero-order chi connectivity index (χ0) is 18.9. The first-order valence-electron chi connectivity index (χ1n) is 8.20. The van der Waals surface area contributed by atoms with E-state index in [0.717, 1.165) is 0 Å². The summed E-state index contributed by atoms with van der Waals surface area (Å²) in [4.78, 5) is 19.0. The van der Waals surface area contributed by atoms with E-state index < -0.39 is 10.6 Å². The van der Waals surface area contributed by atoms with Crippen LogP contribution in [-0.2, 0) is 4.79 Å². The molecule has 1 heterocycles. The number of benzodiazepines with no additional fused rings is 1. The van der Waals surface area contributed by atoms with Crippen LogP contribution in [0.3, 0.4) is 0 Å².